The van der Waals surface area contributed by atoms with E-state index in [1.165, 1.54) is 12.1 Å². The molecule has 2 aromatic heterocycles. The van der Waals surface area contributed by atoms with Gasteiger partial charge in [0, 0.05) is 22.1 Å². The molecule has 0 bridgehead atoms. The van der Waals surface area contributed by atoms with Gasteiger partial charge in [0.05, 0.1) is 11.4 Å². The lowest BCUT2D eigenvalue weighted by Gasteiger charge is -2.29. The number of hydrogen-bond acceptors (Lipinski definition) is 5. The summed E-state index contributed by atoms with van der Waals surface area (Å²) in [4.78, 5) is 17.1. The maximum atomic E-state index is 14.0. The number of pyridine rings is 1. The number of carbonyl (C=O) groups is 1. The van der Waals surface area contributed by atoms with Crippen LogP contribution in [0.1, 0.15) is 36.3 Å². The van der Waals surface area contributed by atoms with Crippen LogP contribution in [0.25, 0.3) is 22.6 Å². The van der Waals surface area contributed by atoms with Gasteiger partial charge in [-0.25, -0.2) is 9.49 Å². The largest absolute Gasteiger partial charge is 0.294 e. The molecule has 7 heteroatoms. The second-order valence-corrected chi connectivity index (χ2v) is 6.88. The van der Waals surface area contributed by atoms with Crippen molar-refractivity contribution in [3.05, 3.63) is 47.4 Å². The molecule has 126 valence electrons. The number of aromatic nitrogens is 5. The quantitative estimate of drug-likeness (QED) is 0.776. The van der Waals surface area contributed by atoms with Gasteiger partial charge in [0.15, 0.2) is 11.6 Å². The molecular weight excluding hydrogens is 321 g/mol. The third-order valence-corrected chi connectivity index (χ3v) is 4.63. The van der Waals surface area contributed by atoms with Gasteiger partial charge < -0.3 is 0 Å². The number of nitrogens with one attached hydrogen (secondary N) is 1. The molecule has 0 amide bonds. The van der Waals surface area contributed by atoms with Crippen molar-refractivity contribution in [1.82, 2.24) is 25.6 Å². The number of H-pyrrole nitrogens is 1. The zero-order chi connectivity index (χ0) is 17.6. The van der Waals surface area contributed by atoms with Gasteiger partial charge in [-0.1, -0.05) is 13.8 Å². The molecule has 1 aliphatic rings. The minimum Gasteiger partial charge on any atom is -0.294 e. The summed E-state index contributed by atoms with van der Waals surface area (Å²) < 4.78 is 14.0. The van der Waals surface area contributed by atoms with Crippen molar-refractivity contribution >= 4 is 5.78 Å². The summed E-state index contributed by atoms with van der Waals surface area (Å²) in [6, 6.07) is 8.10. The molecule has 6 nitrogen and oxygen atoms in total. The average Bonchev–Trinajstić information content (AvgIpc) is 3.12. The maximum Gasteiger partial charge on any atom is 0.179 e. The van der Waals surface area contributed by atoms with Crippen LogP contribution in [0.15, 0.2) is 30.3 Å². The molecular formula is C18H16FN5O. The van der Waals surface area contributed by atoms with Crippen LogP contribution in [0.4, 0.5) is 4.39 Å². The van der Waals surface area contributed by atoms with E-state index in [0.717, 1.165) is 18.5 Å². The van der Waals surface area contributed by atoms with Crippen molar-refractivity contribution in [2.45, 2.75) is 26.7 Å². The molecule has 0 radical (unpaired) electrons. The third-order valence-electron chi connectivity index (χ3n) is 4.63. The number of ketones is 1. The number of aryl methyl sites for hydroxylation is 1. The van der Waals surface area contributed by atoms with Crippen LogP contribution in [0.5, 0.6) is 0 Å². The summed E-state index contributed by atoms with van der Waals surface area (Å²) in [5.74, 6) is 0.0942. The Morgan fingerprint density at radius 1 is 1.16 bits per heavy atom. The number of aromatic amines is 1. The van der Waals surface area contributed by atoms with Gasteiger partial charge in [-0.3, -0.25) is 9.78 Å². The van der Waals surface area contributed by atoms with Gasteiger partial charge in [-0.05, 0) is 53.6 Å². The van der Waals surface area contributed by atoms with Crippen molar-refractivity contribution in [3.8, 4) is 22.6 Å². The first kappa shape index (κ1) is 15.6. The zero-order valence-corrected chi connectivity index (χ0v) is 13.9. The fraction of sp³-hybridized carbons (Fsp3) is 0.278. The number of carbonyl (C=O) groups excluding carboxylic acids is 1. The van der Waals surface area contributed by atoms with E-state index in [9.17, 15) is 9.18 Å². The first-order valence-electron chi connectivity index (χ1n) is 8.04. The van der Waals surface area contributed by atoms with Crippen molar-refractivity contribution in [3.63, 3.8) is 0 Å². The zero-order valence-electron chi connectivity index (χ0n) is 13.9. The summed E-state index contributed by atoms with van der Waals surface area (Å²) in [5.41, 5.74) is 2.86. The van der Waals surface area contributed by atoms with E-state index in [0.29, 0.717) is 28.2 Å². The van der Waals surface area contributed by atoms with Crippen LogP contribution in [0.3, 0.4) is 0 Å². The topological polar surface area (TPSA) is 84.4 Å². The summed E-state index contributed by atoms with van der Waals surface area (Å²) in [6.45, 7) is 3.91. The molecule has 3 aromatic rings. The van der Waals surface area contributed by atoms with E-state index >= 15 is 0 Å². The second kappa shape index (κ2) is 5.54. The van der Waals surface area contributed by atoms with E-state index in [4.69, 9.17) is 0 Å². The minimum absolute atomic E-state index is 0.112. The van der Waals surface area contributed by atoms with Crippen LogP contribution >= 0.6 is 0 Å². The molecule has 0 unspecified atom stereocenters. The third kappa shape index (κ3) is 2.71. The number of hydrogen-bond donors (Lipinski definition) is 1. The normalized spacial score (nSPS) is 15.9. The predicted octanol–water partition coefficient (Wildman–Crippen LogP) is 3.22. The second-order valence-electron chi connectivity index (χ2n) is 6.88. The molecule has 0 fully saturated rings. The number of nitrogens with zero attached hydrogens (tertiary/aromatic N) is 4. The van der Waals surface area contributed by atoms with Gasteiger partial charge in [0.25, 0.3) is 0 Å². The van der Waals surface area contributed by atoms with Crippen molar-refractivity contribution in [2.24, 2.45) is 5.41 Å². The Morgan fingerprint density at radius 3 is 2.72 bits per heavy atom. The molecule has 0 saturated heterocycles. The molecule has 4 rings (SSSR count). The molecule has 25 heavy (non-hydrogen) atoms. The van der Waals surface area contributed by atoms with Gasteiger partial charge in [-0.15, -0.1) is 5.10 Å². The fourth-order valence-electron chi connectivity index (χ4n) is 3.12. The Balaban J connectivity index is 1.78. The highest BCUT2D eigenvalue weighted by atomic mass is 19.1. The molecule has 0 spiro atoms. The highest BCUT2D eigenvalue weighted by molar-refractivity contribution is 6.02. The van der Waals surface area contributed by atoms with E-state index in [2.05, 4.69) is 25.6 Å². The van der Waals surface area contributed by atoms with Gasteiger partial charge in [-0.2, -0.15) is 0 Å². The fourth-order valence-corrected chi connectivity index (χ4v) is 3.12. The van der Waals surface area contributed by atoms with Crippen molar-refractivity contribution in [1.29, 1.82) is 0 Å². The Bertz CT molecular complexity index is 966. The lowest BCUT2D eigenvalue weighted by molar-refractivity contribution is 0.0809. The Labute approximate surface area is 143 Å². The van der Waals surface area contributed by atoms with Gasteiger partial charge in [0.2, 0.25) is 0 Å². The number of benzene rings is 1. The van der Waals surface area contributed by atoms with E-state index in [1.54, 1.807) is 18.2 Å². The SMILES string of the molecule is CC1(C)CCc2nc(-c3cc(F)cc(-c4nnn[nH]4)c3)ccc2C1=O. The maximum absolute atomic E-state index is 14.0. The van der Waals surface area contributed by atoms with Gasteiger partial charge in [0.1, 0.15) is 5.82 Å². The van der Waals surface area contributed by atoms with Crippen LogP contribution in [0.2, 0.25) is 0 Å². The molecule has 0 aliphatic heterocycles. The number of tetrazole rings is 1. The average molecular weight is 337 g/mol. The first-order chi connectivity index (χ1) is 11.9. The summed E-state index contributed by atoms with van der Waals surface area (Å²) in [7, 11) is 0. The number of Topliss-reactive ketones (excluding diaryl/α,β-unsaturated/α-hetero) is 1. The first-order valence-corrected chi connectivity index (χ1v) is 8.04. The summed E-state index contributed by atoms with van der Waals surface area (Å²) in [6.07, 6.45) is 1.49. The van der Waals surface area contributed by atoms with Crippen molar-refractivity contribution in [2.75, 3.05) is 0 Å². The van der Waals surface area contributed by atoms with Crippen LogP contribution < -0.4 is 0 Å². The highest BCUT2D eigenvalue weighted by Gasteiger charge is 2.34. The molecule has 0 atom stereocenters. The predicted molar refractivity (Wildman–Crippen MR) is 89.2 cm³/mol. The summed E-state index contributed by atoms with van der Waals surface area (Å²) >= 11 is 0. The van der Waals surface area contributed by atoms with E-state index in [-0.39, 0.29) is 11.2 Å². The molecule has 1 aromatic carbocycles. The monoisotopic (exact) mass is 337 g/mol. The number of halogens is 1. The molecule has 2 heterocycles. The Hall–Kier alpha value is -2.96. The molecule has 1 N–H and O–H groups in total. The summed E-state index contributed by atoms with van der Waals surface area (Å²) in [5, 5.41) is 13.5. The van der Waals surface area contributed by atoms with Crippen LogP contribution in [-0.2, 0) is 6.42 Å². The Kier molecular flexibility index (Phi) is 3.45. The van der Waals surface area contributed by atoms with Crippen molar-refractivity contribution < 1.29 is 9.18 Å². The lowest BCUT2D eigenvalue weighted by atomic mass is 9.75. The number of fused-ring (bicyclic) bond motifs is 1. The highest BCUT2D eigenvalue weighted by Crippen LogP contribution is 2.35. The molecule has 0 saturated carbocycles. The van der Waals surface area contributed by atoms with Crippen LogP contribution in [0, 0.1) is 11.2 Å². The molecule has 1 aliphatic carbocycles. The minimum atomic E-state index is -0.402. The number of rotatable bonds is 2. The Morgan fingerprint density at radius 2 is 1.96 bits per heavy atom. The lowest BCUT2D eigenvalue weighted by Crippen LogP contribution is -2.31. The van der Waals surface area contributed by atoms with E-state index in [1.807, 2.05) is 13.8 Å². The standard InChI is InChI=1S/C18H16FN5O/c1-18(2)6-5-15-13(16(18)25)3-4-14(20-15)10-7-11(9-12(19)8-10)17-21-23-24-22-17/h3-4,7-9H,5-6H2,1-2H3,(H,21,22,23,24). The smallest absolute Gasteiger partial charge is 0.179 e. The van der Waals surface area contributed by atoms with Crippen LogP contribution in [-0.4, -0.2) is 31.4 Å². The van der Waals surface area contributed by atoms with E-state index < -0.39 is 5.82 Å². The van der Waals surface area contributed by atoms with Gasteiger partial charge >= 0.3 is 0 Å².